The first-order chi connectivity index (χ1) is 7.11. The van der Waals surface area contributed by atoms with Crippen molar-refractivity contribution in [3.63, 3.8) is 0 Å². The average molecular weight is 218 g/mol. The van der Waals surface area contributed by atoms with Crippen molar-refractivity contribution in [2.75, 3.05) is 6.54 Å². The van der Waals surface area contributed by atoms with Gasteiger partial charge in [-0.15, -0.1) is 0 Å². The summed E-state index contributed by atoms with van der Waals surface area (Å²) >= 11 is 0. The van der Waals surface area contributed by atoms with Crippen LogP contribution < -0.4 is 10.6 Å². The zero-order valence-electron chi connectivity index (χ0n) is 8.56. The second-order valence-corrected chi connectivity index (χ2v) is 4.56. The fourth-order valence-electron chi connectivity index (χ4n) is 2.53. The molecule has 1 spiro atoms. The van der Waals surface area contributed by atoms with Crippen LogP contribution in [0, 0.1) is 0 Å². The molecule has 15 heavy (non-hydrogen) atoms. The summed E-state index contributed by atoms with van der Waals surface area (Å²) in [4.78, 5) is 10.8. The molecule has 2 aliphatic rings. The van der Waals surface area contributed by atoms with E-state index in [1.807, 2.05) is 0 Å². The maximum Gasteiger partial charge on any atom is 0.315 e. The molecule has 0 radical (unpaired) electrons. The quantitative estimate of drug-likeness (QED) is 0.727. The van der Waals surface area contributed by atoms with Crippen LogP contribution in [0.5, 0.6) is 0 Å². The van der Waals surface area contributed by atoms with E-state index in [1.165, 1.54) is 6.42 Å². The standard InChI is InChI=1S/C10H16F2N2O/c11-8(12)9(15)14-7-2-5-13-10(6-7)3-1-4-10/h7-8,13H,1-6H2,(H,14,15). The molecule has 2 rings (SSSR count). The first-order valence-corrected chi connectivity index (χ1v) is 5.45. The van der Waals surface area contributed by atoms with Crippen LogP contribution in [-0.4, -0.2) is 30.5 Å². The van der Waals surface area contributed by atoms with E-state index >= 15 is 0 Å². The number of rotatable bonds is 2. The molecule has 5 heteroatoms. The highest BCUT2D eigenvalue weighted by Gasteiger charge is 2.41. The lowest BCUT2D eigenvalue weighted by Crippen LogP contribution is -2.60. The Morgan fingerprint density at radius 1 is 1.47 bits per heavy atom. The summed E-state index contributed by atoms with van der Waals surface area (Å²) in [6.07, 6.45) is 2.06. The van der Waals surface area contributed by atoms with Gasteiger partial charge in [-0.1, -0.05) is 0 Å². The Kier molecular flexibility index (Phi) is 2.91. The van der Waals surface area contributed by atoms with Crippen LogP contribution in [0.15, 0.2) is 0 Å². The summed E-state index contributed by atoms with van der Waals surface area (Å²) < 4.78 is 24.1. The molecule has 0 aromatic carbocycles. The van der Waals surface area contributed by atoms with Gasteiger partial charge >= 0.3 is 6.43 Å². The molecule has 0 aromatic rings. The van der Waals surface area contributed by atoms with E-state index in [1.54, 1.807) is 0 Å². The minimum absolute atomic E-state index is 0.0759. The van der Waals surface area contributed by atoms with Gasteiger partial charge in [-0.25, -0.2) is 0 Å². The Balaban J connectivity index is 1.85. The van der Waals surface area contributed by atoms with Crippen LogP contribution in [0.25, 0.3) is 0 Å². The summed E-state index contributed by atoms with van der Waals surface area (Å²) in [5.41, 5.74) is 0.137. The third-order valence-electron chi connectivity index (χ3n) is 3.49. The molecular weight excluding hydrogens is 202 g/mol. The Bertz CT molecular complexity index is 254. The second kappa shape index (κ2) is 4.04. The summed E-state index contributed by atoms with van der Waals surface area (Å²) in [6.45, 7) is 0.814. The van der Waals surface area contributed by atoms with Gasteiger partial charge in [0, 0.05) is 11.6 Å². The monoisotopic (exact) mass is 218 g/mol. The molecule has 1 amide bonds. The fraction of sp³-hybridized carbons (Fsp3) is 0.900. The van der Waals surface area contributed by atoms with E-state index in [2.05, 4.69) is 10.6 Å². The summed E-state index contributed by atoms with van der Waals surface area (Å²) in [5.74, 6) is -1.13. The maximum atomic E-state index is 12.0. The number of halogens is 2. The molecule has 1 saturated carbocycles. The van der Waals surface area contributed by atoms with E-state index in [-0.39, 0.29) is 11.6 Å². The van der Waals surface area contributed by atoms with Gasteiger partial charge in [-0.2, -0.15) is 8.78 Å². The predicted octanol–water partition coefficient (Wildman–Crippen LogP) is 1.04. The van der Waals surface area contributed by atoms with Crippen LogP contribution in [0.2, 0.25) is 0 Å². The molecule has 1 aliphatic heterocycles. The lowest BCUT2D eigenvalue weighted by atomic mass is 9.70. The molecule has 1 aliphatic carbocycles. The third-order valence-corrected chi connectivity index (χ3v) is 3.49. The van der Waals surface area contributed by atoms with Gasteiger partial charge in [0.05, 0.1) is 0 Å². The van der Waals surface area contributed by atoms with E-state index < -0.39 is 12.3 Å². The number of carbonyl (C=O) groups excluding carboxylic acids is 1. The molecule has 1 atom stereocenters. The van der Waals surface area contributed by atoms with Crippen molar-refractivity contribution >= 4 is 5.91 Å². The van der Waals surface area contributed by atoms with Gasteiger partial charge in [0.2, 0.25) is 0 Å². The van der Waals surface area contributed by atoms with Crippen molar-refractivity contribution in [3.8, 4) is 0 Å². The van der Waals surface area contributed by atoms with Crippen LogP contribution in [0.1, 0.15) is 32.1 Å². The van der Waals surface area contributed by atoms with Crippen LogP contribution >= 0.6 is 0 Å². The van der Waals surface area contributed by atoms with Crippen LogP contribution in [0.3, 0.4) is 0 Å². The lowest BCUT2D eigenvalue weighted by Gasteiger charge is -2.48. The molecule has 1 saturated heterocycles. The number of carbonyl (C=O) groups is 1. The largest absolute Gasteiger partial charge is 0.348 e. The third kappa shape index (κ3) is 2.27. The van der Waals surface area contributed by atoms with Gasteiger partial charge in [0.15, 0.2) is 0 Å². The fourth-order valence-corrected chi connectivity index (χ4v) is 2.53. The molecule has 0 bridgehead atoms. The number of amides is 1. The number of nitrogens with one attached hydrogen (secondary N) is 2. The Morgan fingerprint density at radius 2 is 2.20 bits per heavy atom. The second-order valence-electron chi connectivity index (χ2n) is 4.56. The number of hydrogen-bond donors (Lipinski definition) is 2. The highest BCUT2D eigenvalue weighted by molar-refractivity contribution is 5.79. The summed E-state index contributed by atoms with van der Waals surface area (Å²) in [5, 5.41) is 5.84. The molecule has 2 fully saturated rings. The predicted molar refractivity (Wildman–Crippen MR) is 51.8 cm³/mol. The van der Waals surface area contributed by atoms with Gasteiger partial charge in [0.1, 0.15) is 0 Å². The van der Waals surface area contributed by atoms with E-state index in [9.17, 15) is 13.6 Å². The minimum Gasteiger partial charge on any atom is -0.348 e. The molecule has 1 heterocycles. The Labute approximate surface area is 87.6 Å². The van der Waals surface area contributed by atoms with Gasteiger partial charge in [0.25, 0.3) is 5.91 Å². The van der Waals surface area contributed by atoms with Crippen molar-refractivity contribution in [2.24, 2.45) is 0 Å². The summed E-state index contributed by atoms with van der Waals surface area (Å²) in [7, 11) is 0. The first-order valence-electron chi connectivity index (χ1n) is 5.45. The van der Waals surface area contributed by atoms with Crippen molar-refractivity contribution < 1.29 is 13.6 Å². The van der Waals surface area contributed by atoms with Gasteiger partial charge in [-0.05, 0) is 38.6 Å². The molecular formula is C10H16F2N2O. The summed E-state index contributed by atoms with van der Waals surface area (Å²) in [6, 6.07) is -0.0759. The topological polar surface area (TPSA) is 41.1 Å². The highest BCUT2D eigenvalue weighted by atomic mass is 19.3. The zero-order valence-corrected chi connectivity index (χ0v) is 8.56. The zero-order chi connectivity index (χ0) is 10.9. The van der Waals surface area contributed by atoms with Gasteiger partial charge in [-0.3, -0.25) is 4.79 Å². The maximum absolute atomic E-state index is 12.0. The van der Waals surface area contributed by atoms with Crippen LogP contribution in [-0.2, 0) is 4.79 Å². The van der Waals surface area contributed by atoms with E-state index in [0.717, 1.165) is 32.2 Å². The number of hydrogen-bond acceptors (Lipinski definition) is 2. The van der Waals surface area contributed by atoms with Crippen molar-refractivity contribution in [2.45, 2.75) is 50.1 Å². The van der Waals surface area contributed by atoms with E-state index in [4.69, 9.17) is 0 Å². The minimum atomic E-state index is -2.89. The Hall–Kier alpha value is -0.710. The van der Waals surface area contributed by atoms with Crippen molar-refractivity contribution in [1.29, 1.82) is 0 Å². The SMILES string of the molecule is O=C(NC1CCNC2(CCC2)C1)C(F)F. The number of alkyl halides is 2. The van der Waals surface area contributed by atoms with Gasteiger partial charge < -0.3 is 10.6 Å². The molecule has 86 valence electrons. The molecule has 3 nitrogen and oxygen atoms in total. The van der Waals surface area contributed by atoms with Crippen LogP contribution in [0.4, 0.5) is 8.78 Å². The van der Waals surface area contributed by atoms with Crippen molar-refractivity contribution in [1.82, 2.24) is 10.6 Å². The average Bonchev–Trinajstić information content (AvgIpc) is 2.15. The van der Waals surface area contributed by atoms with Crippen molar-refractivity contribution in [3.05, 3.63) is 0 Å². The smallest absolute Gasteiger partial charge is 0.315 e. The normalized spacial score (nSPS) is 28.9. The Morgan fingerprint density at radius 3 is 2.73 bits per heavy atom. The number of piperidine rings is 1. The molecule has 2 N–H and O–H groups in total. The molecule has 1 unspecified atom stereocenters. The highest BCUT2D eigenvalue weighted by Crippen LogP contribution is 2.38. The lowest BCUT2D eigenvalue weighted by molar-refractivity contribution is -0.133. The molecule has 0 aromatic heterocycles. The van der Waals surface area contributed by atoms with E-state index in [0.29, 0.717) is 0 Å². The first kappa shape index (κ1) is 10.8.